The summed E-state index contributed by atoms with van der Waals surface area (Å²) in [4.78, 5) is 18.6. The van der Waals surface area contributed by atoms with E-state index in [9.17, 15) is 4.79 Å². The van der Waals surface area contributed by atoms with Gasteiger partial charge < -0.3 is 15.4 Å². The lowest BCUT2D eigenvalue weighted by Gasteiger charge is -2.37. The molecule has 0 radical (unpaired) electrons. The molecular weight excluding hydrogens is 322 g/mol. The van der Waals surface area contributed by atoms with E-state index in [0.29, 0.717) is 0 Å². The number of amides is 1. The lowest BCUT2D eigenvalue weighted by molar-refractivity contribution is -0.136. The number of carbonyl (C=O) groups is 1. The molecule has 134 valence electrons. The maximum atomic E-state index is 12.9. The van der Waals surface area contributed by atoms with Gasteiger partial charge in [-0.1, -0.05) is 12.5 Å². The first-order valence-electron chi connectivity index (χ1n) is 9.01. The molecule has 3 unspecified atom stereocenters. The van der Waals surface area contributed by atoms with E-state index in [2.05, 4.69) is 22.4 Å². The lowest BCUT2D eigenvalue weighted by atomic mass is 9.85. The van der Waals surface area contributed by atoms with Gasteiger partial charge in [0, 0.05) is 43.5 Å². The number of likely N-dealkylation sites (N-methyl/N-ethyl adjacent to an activating group) is 1. The molecule has 2 heterocycles. The van der Waals surface area contributed by atoms with Crippen LogP contribution in [0.5, 0.6) is 0 Å². The molecule has 0 bridgehead atoms. The van der Waals surface area contributed by atoms with Gasteiger partial charge in [0.1, 0.15) is 0 Å². The van der Waals surface area contributed by atoms with Gasteiger partial charge in [0.05, 0.1) is 19.3 Å². The first kappa shape index (κ1) is 17.9. The van der Waals surface area contributed by atoms with E-state index in [1.165, 1.54) is 4.88 Å². The van der Waals surface area contributed by atoms with Crippen LogP contribution in [0.2, 0.25) is 0 Å². The van der Waals surface area contributed by atoms with E-state index in [4.69, 9.17) is 10.5 Å². The van der Waals surface area contributed by atoms with Crippen molar-refractivity contribution < 1.29 is 9.53 Å². The summed E-state index contributed by atoms with van der Waals surface area (Å²) in [6.45, 7) is 4.15. The maximum absolute atomic E-state index is 12.9. The van der Waals surface area contributed by atoms with E-state index < -0.39 is 0 Å². The monoisotopic (exact) mass is 351 g/mol. The minimum absolute atomic E-state index is 0.104. The Bertz CT molecular complexity index is 516. The topological polar surface area (TPSA) is 58.8 Å². The zero-order valence-corrected chi connectivity index (χ0v) is 15.3. The van der Waals surface area contributed by atoms with Gasteiger partial charge in [0.15, 0.2) is 0 Å². The number of nitrogens with two attached hydrogens (primary N) is 1. The average Bonchev–Trinajstić information content (AvgIpc) is 3.14. The highest BCUT2D eigenvalue weighted by molar-refractivity contribution is 7.10. The highest BCUT2D eigenvalue weighted by Crippen LogP contribution is 2.29. The van der Waals surface area contributed by atoms with E-state index >= 15 is 0 Å². The second-order valence-electron chi connectivity index (χ2n) is 7.02. The van der Waals surface area contributed by atoms with Gasteiger partial charge in [-0.05, 0) is 30.7 Å². The van der Waals surface area contributed by atoms with Crippen molar-refractivity contribution in [3.63, 3.8) is 0 Å². The fourth-order valence-corrected chi connectivity index (χ4v) is 4.72. The van der Waals surface area contributed by atoms with Gasteiger partial charge in [0.25, 0.3) is 0 Å². The van der Waals surface area contributed by atoms with Crippen molar-refractivity contribution in [2.45, 2.75) is 37.8 Å². The largest absolute Gasteiger partial charge is 0.379 e. The predicted molar refractivity (Wildman–Crippen MR) is 97.0 cm³/mol. The smallest absolute Gasteiger partial charge is 0.225 e. The first-order valence-corrected chi connectivity index (χ1v) is 9.89. The molecule has 3 rings (SSSR count). The van der Waals surface area contributed by atoms with Gasteiger partial charge in [-0.15, -0.1) is 11.3 Å². The fraction of sp³-hybridized carbons (Fsp3) is 0.722. The number of morpholine rings is 1. The van der Waals surface area contributed by atoms with Crippen LogP contribution in [-0.2, 0) is 9.53 Å². The van der Waals surface area contributed by atoms with Crippen molar-refractivity contribution in [2.24, 2.45) is 11.7 Å². The van der Waals surface area contributed by atoms with Crippen molar-refractivity contribution in [2.75, 3.05) is 39.9 Å². The van der Waals surface area contributed by atoms with Crippen LogP contribution >= 0.6 is 11.3 Å². The summed E-state index contributed by atoms with van der Waals surface area (Å²) >= 11 is 1.77. The standard InChI is InChI=1S/C18H29N3O2S/c1-20(18(22)14-4-2-5-15(19)12-14)13-16(17-6-3-11-24-17)21-7-9-23-10-8-21/h3,6,11,14-16H,2,4-5,7-10,12-13,19H2,1H3. The van der Waals surface area contributed by atoms with Gasteiger partial charge in [-0.2, -0.15) is 0 Å². The summed E-state index contributed by atoms with van der Waals surface area (Å²) in [7, 11) is 1.95. The predicted octanol–water partition coefficient (Wildman–Crippen LogP) is 2.10. The van der Waals surface area contributed by atoms with Gasteiger partial charge >= 0.3 is 0 Å². The van der Waals surface area contributed by atoms with Crippen molar-refractivity contribution in [3.8, 4) is 0 Å². The Morgan fingerprint density at radius 3 is 2.92 bits per heavy atom. The minimum Gasteiger partial charge on any atom is -0.379 e. The maximum Gasteiger partial charge on any atom is 0.225 e. The molecule has 0 aromatic carbocycles. The van der Waals surface area contributed by atoms with Crippen LogP contribution in [-0.4, -0.2) is 61.6 Å². The van der Waals surface area contributed by atoms with E-state index in [-0.39, 0.29) is 23.9 Å². The molecule has 5 nitrogen and oxygen atoms in total. The third-order valence-corrected chi connectivity index (χ3v) is 6.22. The van der Waals surface area contributed by atoms with Crippen molar-refractivity contribution >= 4 is 17.2 Å². The van der Waals surface area contributed by atoms with Gasteiger partial charge in [-0.25, -0.2) is 0 Å². The third kappa shape index (κ3) is 4.36. The van der Waals surface area contributed by atoms with Crippen LogP contribution in [0.3, 0.4) is 0 Å². The Morgan fingerprint density at radius 1 is 1.46 bits per heavy atom. The number of hydrogen-bond acceptors (Lipinski definition) is 5. The van der Waals surface area contributed by atoms with Crippen molar-refractivity contribution in [3.05, 3.63) is 22.4 Å². The SMILES string of the molecule is CN(CC(c1cccs1)N1CCOCC1)C(=O)C1CCCC(N)C1. The Hall–Kier alpha value is -0.950. The van der Waals surface area contributed by atoms with E-state index in [1.54, 1.807) is 11.3 Å². The Morgan fingerprint density at radius 2 is 2.25 bits per heavy atom. The van der Waals surface area contributed by atoms with Crippen LogP contribution in [0.1, 0.15) is 36.6 Å². The number of thiophene rings is 1. The molecular formula is C18H29N3O2S. The zero-order valence-electron chi connectivity index (χ0n) is 14.5. The second kappa shape index (κ2) is 8.43. The number of hydrogen-bond donors (Lipinski definition) is 1. The molecule has 3 atom stereocenters. The molecule has 6 heteroatoms. The summed E-state index contributed by atoms with van der Waals surface area (Å²) in [6, 6.07) is 4.73. The van der Waals surface area contributed by atoms with E-state index in [0.717, 1.165) is 58.5 Å². The summed E-state index contributed by atoms with van der Waals surface area (Å²) < 4.78 is 5.49. The average molecular weight is 352 g/mol. The van der Waals surface area contributed by atoms with Crippen LogP contribution in [0.4, 0.5) is 0 Å². The molecule has 1 aliphatic carbocycles. The molecule has 2 N–H and O–H groups in total. The molecule has 1 saturated heterocycles. The quantitative estimate of drug-likeness (QED) is 0.883. The Labute approximate surface area is 148 Å². The molecule has 2 fully saturated rings. The number of carbonyl (C=O) groups excluding carboxylic acids is 1. The molecule has 24 heavy (non-hydrogen) atoms. The molecule has 1 aromatic rings. The third-order valence-electron chi connectivity index (χ3n) is 5.25. The molecule has 1 saturated carbocycles. The van der Waals surface area contributed by atoms with Gasteiger partial charge in [0.2, 0.25) is 5.91 Å². The van der Waals surface area contributed by atoms with Crippen molar-refractivity contribution in [1.29, 1.82) is 0 Å². The Kier molecular flexibility index (Phi) is 6.27. The molecule has 1 aromatic heterocycles. The van der Waals surface area contributed by atoms with Crippen LogP contribution < -0.4 is 5.73 Å². The second-order valence-corrected chi connectivity index (χ2v) is 8.00. The number of rotatable bonds is 5. The fourth-order valence-electron chi connectivity index (χ4n) is 3.87. The first-order chi connectivity index (χ1) is 11.6. The highest BCUT2D eigenvalue weighted by Gasteiger charge is 2.31. The zero-order chi connectivity index (χ0) is 16.9. The minimum atomic E-state index is 0.104. The van der Waals surface area contributed by atoms with Crippen LogP contribution in [0, 0.1) is 5.92 Å². The van der Waals surface area contributed by atoms with Crippen LogP contribution in [0.15, 0.2) is 17.5 Å². The molecule has 1 aliphatic heterocycles. The van der Waals surface area contributed by atoms with Gasteiger partial charge in [-0.3, -0.25) is 9.69 Å². The summed E-state index contributed by atoms with van der Waals surface area (Å²) in [5, 5.41) is 2.12. The van der Waals surface area contributed by atoms with Crippen LogP contribution in [0.25, 0.3) is 0 Å². The molecule has 2 aliphatic rings. The number of ether oxygens (including phenoxy) is 1. The van der Waals surface area contributed by atoms with E-state index in [1.807, 2.05) is 11.9 Å². The Balaban J connectivity index is 1.66. The normalized spacial score (nSPS) is 26.9. The summed E-state index contributed by atoms with van der Waals surface area (Å²) in [5.74, 6) is 0.368. The van der Waals surface area contributed by atoms with Crippen molar-refractivity contribution in [1.82, 2.24) is 9.80 Å². The molecule has 1 amide bonds. The summed E-state index contributed by atoms with van der Waals surface area (Å²) in [6.07, 6.45) is 3.95. The highest BCUT2D eigenvalue weighted by atomic mass is 32.1. The lowest BCUT2D eigenvalue weighted by Crippen LogP contribution is -2.46. The summed E-state index contributed by atoms with van der Waals surface area (Å²) in [5.41, 5.74) is 6.07. The number of nitrogens with zero attached hydrogens (tertiary/aromatic N) is 2. The molecule has 0 spiro atoms.